The molecular formula is C10H11NO2. The smallest absolute Gasteiger partial charge is 0.256 e. The van der Waals surface area contributed by atoms with E-state index in [9.17, 15) is 9.59 Å². The van der Waals surface area contributed by atoms with Crippen molar-refractivity contribution in [3.63, 3.8) is 0 Å². The van der Waals surface area contributed by atoms with Crippen LogP contribution in [0.1, 0.15) is 20.3 Å². The first-order valence-electron chi connectivity index (χ1n) is 4.07. The van der Waals surface area contributed by atoms with Gasteiger partial charge in [0.15, 0.2) is 0 Å². The molecule has 0 aliphatic carbocycles. The Labute approximate surface area is 77.4 Å². The summed E-state index contributed by atoms with van der Waals surface area (Å²) in [7, 11) is 0. The molecule has 0 radical (unpaired) electrons. The zero-order valence-electron chi connectivity index (χ0n) is 7.70. The fourth-order valence-electron chi connectivity index (χ4n) is 1.29. The maximum Gasteiger partial charge on any atom is 0.256 e. The molecule has 0 bridgehead atoms. The lowest BCUT2D eigenvalue weighted by molar-refractivity contribution is -0.139. The van der Waals surface area contributed by atoms with Gasteiger partial charge in [0.25, 0.3) is 11.8 Å². The van der Waals surface area contributed by atoms with Gasteiger partial charge in [-0.3, -0.25) is 14.5 Å². The summed E-state index contributed by atoms with van der Waals surface area (Å²) in [5.74, 6) is 1.94. The summed E-state index contributed by atoms with van der Waals surface area (Å²) in [4.78, 5) is 23.9. The maximum atomic E-state index is 11.4. The van der Waals surface area contributed by atoms with Gasteiger partial charge in [-0.05, 0) is 13.8 Å². The van der Waals surface area contributed by atoms with Gasteiger partial charge in [-0.25, -0.2) is 0 Å². The number of imide groups is 1. The van der Waals surface area contributed by atoms with E-state index in [4.69, 9.17) is 6.42 Å². The quantitative estimate of drug-likeness (QED) is 0.460. The highest BCUT2D eigenvalue weighted by Crippen LogP contribution is 2.16. The first kappa shape index (κ1) is 9.53. The largest absolute Gasteiger partial charge is 0.271 e. The molecule has 1 heterocycles. The number of carbonyl (C=O) groups is 2. The van der Waals surface area contributed by atoms with E-state index in [0.29, 0.717) is 12.0 Å². The number of nitrogens with zero attached hydrogens (tertiary/aromatic N) is 1. The minimum atomic E-state index is -0.259. The second kappa shape index (κ2) is 3.44. The Morgan fingerprint density at radius 1 is 1.62 bits per heavy atom. The third-order valence-corrected chi connectivity index (χ3v) is 1.99. The van der Waals surface area contributed by atoms with Gasteiger partial charge in [0.1, 0.15) is 0 Å². The van der Waals surface area contributed by atoms with Crippen LogP contribution in [0.2, 0.25) is 0 Å². The average Bonchev–Trinajstić information content (AvgIpc) is 2.27. The lowest BCUT2D eigenvalue weighted by Gasteiger charge is -2.20. The molecule has 0 fully saturated rings. The molecule has 0 spiro atoms. The molecular weight excluding hydrogens is 166 g/mol. The van der Waals surface area contributed by atoms with Crippen LogP contribution in [0.4, 0.5) is 0 Å². The van der Waals surface area contributed by atoms with Gasteiger partial charge in [0.2, 0.25) is 0 Å². The number of hydrogen-bond donors (Lipinski definition) is 0. The van der Waals surface area contributed by atoms with Crippen LogP contribution in [0.3, 0.4) is 0 Å². The zero-order chi connectivity index (χ0) is 10.0. The Bertz CT molecular complexity index is 322. The lowest BCUT2D eigenvalue weighted by atomic mass is 10.2. The normalized spacial score (nSPS) is 18.5. The van der Waals surface area contributed by atoms with Crippen LogP contribution in [-0.4, -0.2) is 22.8 Å². The van der Waals surface area contributed by atoms with E-state index in [1.165, 1.54) is 11.0 Å². The third kappa shape index (κ3) is 1.62. The fourth-order valence-corrected chi connectivity index (χ4v) is 1.29. The van der Waals surface area contributed by atoms with Crippen molar-refractivity contribution in [3.8, 4) is 12.3 Å². The molecule has 1 aliphatic rings. The highest BCUT2D eigenvalue weighted by atomic mass is 16.2. The Balaban J connectivity index is 2.80. The predicted octanol–water partition coefficient (Wildman–Crippen LogP) is 0.713. The van der Waals surface area contributed by atoms with Gasteiger partial charge < -0.3 is 0 Å². The molecule has 0 N–H and O–H groups in total. The molecule has 1 aliphatic heterocycles. The van der Waals surface area contributed by atoms with Crippen molar-refractivity contribution in [2.24, 2.45) is 0 Å². The molecule has 0 aromatic rings. The van der Waals surface area contributed by atoms with Crippen molar-refractivity contribution in [1.29, 1.82) is 0 Å². The van der Waals surface area contributed by atoms with Crippen molar-refractivity contribution < 1.29 is 9.59 Å². The number of terminal acetylenes is 1. The van der Waals surface area contributed by atoms with Gasteiger partial charge in [-0.15, -0.1) is 12.3 Å². The van der Waals surface area contributed by atoms with Crippen molar-refractivity contribution in [3.05, 3.63) is 11.6 Å². The zero-order valence-corrected chi connectivity index (χ0v) is 7.70. The predicted molar refractivity (Wildman–Crippen MR) is 48.5 cm³/mol. The summed E-state index contributed by atoms with van der Waals surface area (Å²) < 4.78 is 0. The molecule has 1 atom stereocenters. The number of hydrogen-bond acceptors (Lipinski definition) is 2. The SMILES string of the molecule is C#CCC(C)N1C(=O)C=C(C)C1=O. The summed E-state index contributed by atoms with van der Waals surface area (Å²) in [5.41, 5.74) is 0.480. The Morgan fingerprint density at radius 2 is 2.23 bits per heavy atom. The maximum absolute atomic E-state index is 11.4. The molecule has 68 valence electrons. The summed E-state index contributed by atoms with van der Waals surface area (Å²) in [6, 6.07) is -0.210. The number of amides is 2. The van der Waals surface area contributed by atoms with Gasteiger partial charge in [-0.1, -0.05) is 0 Å². The summed E-state index contributed by atoms with van der Waals surface area (Å²) in [6.45, 7) is 3.39. The van der Waals surface area contributed by atoms with E-state index in [1.807, 2.05) is 0 Å². The first-order chi connectivity index (χ1) is 6.07. The molecule has 1 rings (SSSR count). The average molecular weight is 177 g/mol. The minimum absolute atomic E-state index is 0.210. The Hall–Kier alpha value is -1.56. The summed E-state index contributed by atoms with van der Waals surface area (Å²) >= 11 is 0. The van der Waals surface area contributed by atoms with Crippen LogP contribution >= 0.6 is 0 Å². The highest BCUT2D eigenvalue weighted by molar-refractivity contribution is 6.16. The molecule has 3 nitrogen and oxygen atoms in total. The molecule has 13 heavy (non-hydrogen) atoms. The van der Waals surface area contributed by atoms with E-state index >= 15 is 0 Å². The first-order valence-corrected chi connectivity index (χ1v) is 4.07. The highest BCUT2D eigenvalue weighted by Gasteiger charge is 2.31. The van der Waals surface area contributed by atoms with Gasteiger partial charge >= 0.3 is 0 Å². The van der Waals surface area contributed by atoms with Crippen LogP contribution < -0.4 is 0 Å². The van der Waals surface area contributed by atoms with E-state index in [1.54, 1.807) is 13.8 Å². The number of rotatable bonds is 2. The van der Waals surface area contributed by atoms with Crippen molar-refractivity contribution in [2.75, 3.05) is 0 Å². The molecule has 1 unspecified atom stereocenters. The molecule has 0 aromatic heterocycles. The summed E-state index contributed by atoms with van der Waals surface area (Å²) in [6.07, 6.45) is 6.85. The van der Waals surface area contributed by atoms with E-state index in [-0.39, 0.29) is 17.9 Å². The third-order valence-electron chi connectivity index (χ3n) is 1.99. The second-order valence-corrected chi connectivity index (χ2v) is 3.10. The van der Waals surface area contributed by atoms with Gasteiger partial charge in [0.05, 0.1) is 0 Å². The van der Waals surface area contributed by atoms with Gasteiger partial charge in [-0.2, -0.15) is 0 Å². The Morgan fingerprint density at radius 3 is 2.62 bits per heavy atom. The topological polar surface area (TPSA) is 37.4 Å². The van der Waals surface area contributed by atoms with Crippen LogP contribution in [0.25, 0.3) is 0 Å². The van der Waals surface area contributed by atoms with Gasteiger partial charge in [0, 0.05) is 24.1 Å². The molecule has 0 saturated heterocycles. The van der Waals surface area contributed by atoms with E-state index < -0.39 is 0 Å². The standard InChI is InChI=1S/C10H11NO2/c1-4-5-8(3)11-9(12)6-7(2)10(11)13/h1,6,8H,5H2,2-3H3. The summed E-state index contributed by atoms with van der Waals surface area (Å²) in [5, 5.41) is 0. The lowest BCUT2D eigenvalue weighted by Crippen LogP contribution is -2.38. The Kier molecular flexibility index (Phi) is 2.52. The molecule has 2 amide bonds. The van der Waals surface area contributed by atoms with Crippen molar-refractivity contribution >= 4 is 11.8 Å². The monoisotopic (exact) mass is 177 g/mol. The van der Waals surface area contributed by atoms with E-state index in [0.717, 1.165) is 0 Å². The fraction of sp³-hybridized carbons (Fsp3) is 0.400. The van der Waals surface area contributed by atoms with Crippen LogP contribution in [0.15, 0.2) is 11.6 Å². The van der Waals surface area contributed by atoms with Crippen LogP contribution in [0.5, 0.6) is 0 Å². The van der Waals surface area contributed by atoms with Crippen LogP contribution in [-0.2, 0) is 9.59 Å². The minimum Gasteiger partial charge on any atom is -0.271 e. The molecule has 0 saturated carbocycles. The van der Waals surface area contributed by atoms with E-state index in [2.05, 4.69) is 5.92 Å². The molecule has 0 aromatic carbocycles. The molecule has 3 heteroatoms. The van der Waals surface area contributed by atoms with Crippen molar-refractivity contribution in [2.45, 2.75) is 26.3 Å². The number of carbonyl (C=O) groups excluding carboxylic acids is 2. The van der Waals surface area contributed by atoms with Crippen LogP contribution in [0, 0.1) is 12.3 Å². The van der Waals surface area contributed by atoms with Crippen molar-refractivity contribution in [1.82, 2.24) is 4.90 Å². The second-order valence-electron chi connectivity index (χ2n) is 3.10.